The van der Waals surface area contributed by atoms with Gasteiger partial charge in [-0.25, -0.2) is 4.79 Å². The fourth-order valence-corrected chi connectivity index (χ4v) is 4.12. The number of nitriles is 1. The highest BCUT2D eigenvalue weighted by Crippen LogP contribution is 2.28. The monoisotopic (exact) mass is 496 g/mol. The summed E-state index contributed by atoms with van der Waals surface area (Å²) < 4.78 is 10.6. The molecule has 0 radical (unpaired) electrons. The van der Waals surface area contributed by atoms with Crippen molar-refractivity contribution < 1.29 is 28.8 Å². The molecule has 2 amide bonds. The molecule has 1 aliphatic rings. The molecule has 1 saturated heterocycles. The highest BCUT2D eigenvalue weighted by molar-refractivity contribution is 6.13. The Morgan fingerprint density at radius 1 is 0.973 bits per heavy atom. The second-order valence-corrected chi connectivity index (χ2v) is 8.36. The quantitative estimate of drug-likeness (QED) is 0.424. The molecule has 37 heavy (non-hydrogen) atoms. The van der Waals surface area contributed by atoms with Gasteiger partial charge in [-0.2, -0.15) is 5.26 Å². The number of benzene rings is 3. The topological polar surface area (TPSA) is 146 Å². The molecule has 4 aromatic rings. The van der Waals surface area contributed by atoms with E-state index in [4.69, 9.17) is 14.5 Å². The number of anilines is 1. The Hall–Kier alpha value is -5.01. The first-order chi connectivity index (χ1) is 17.9. The third-order valence-corrected chi connectivity index (χ3v) is 6.08. The number of carboxylic acids is 1. The number of aromatic nitrogens is 1. The third-order valence-electron chi connectivity index (χ3n) is 6.08. The number of ether oxygens (including phenoxy) is 1. The standard InChI is InChI=1S/C27H20N4O6/c28-15-16-1-7-22(20(13-16)27(34)35)29-25(32)24-21-14-19(6-8-23(21)37-30-24)17-2-4-18(5-3-17)26(33)31-9-11-36-12-10-31/h1-8,13-14H,9-12H2,(H,29,32)(H,34,35). The fourth-order valence-electron chi connectivity index (χ4n) is 4.12. The fraction of sp³-hybridized carbons (Fsp3) is 0.148. The van der Waals surface area contributed by atoms with Crippen molar-refractivity contribution in [2.45, 2.75) is 0 Å². The van der Waals surface area contributed by atoms with Crippen molar-refractivity contribution in [3.63, 3.8) is 0 Å². The number of morpholine rings is 1. The number of carboxylic acid groups (broad SMARTS) is 1. The van der Waals surface area contributed by atoms with Gasteiger partial charge >= 0.3 is 5.97 Å². The summed E-state index contributed by atoms with van der Waals surface area (Å²) in [6.45, 7) is 2.18. The Kier molecular flexibility index (Phi) is 6.36. The first kappa shape index (κ1) is 23.7. The highest BCUT2D eigenvalue weighted by Gasteiger charge is 2.21. The van der Waals surface area contributed by atoms with Crippen LogP contribution in [0.15, 0.2) is 65.2 Å². The molecular formula is C27H20N4O6. The first-order valence-corrected chi connectivity index (χ1v) is 11.4. The van der Waals surface area contributed by atoms with Crippen molar-refractivity contribution in [1.29, 1.82) is 5.26 Å². The van der Waals surface area contributed by atoms with Gasteiger partial charge in [0.2, 0.25) is 0 Å². The molecule has 0 unspecified atom stereocenters. The van der Waals surface area contributed by atoms with E-state index in [0.717, 1.165) is 11.1 Å². The SMILES string of the molecule is N#Cc1ccc(NC(=O)c2noc3ccc(-c4ccc(C(=O)N5CCOCC5)cc4)cc23)c(C(=O)O)c1. The van der Waals surface area contributed by atoms with Crippen molar-refractivity contribution in [3.8, 4) is 17.2 Å². The van der Waals surface area contributed by atoms with Gasteiger partial charge in [0.25, 0.3) is 11.8 Å². The van der Waals surface area contributed by atoms with Crippen molar-refractivity contribution >= 4 is 34.4 Å². The van der Waals surface area contributed by atoms with Gasteiger partial charge in [-0.3, -0.25) is 9.59 Å². The molecule has 0 spiro atoms. The van der Waals surface area contributed by atoms with Gasteiger partial charge in [0.15, 0.2) is 11.3 Å². The predicted octanol–water partition coefficient (Wildman–Crippen LogP) is 3.79. The molecule has 2 heterocycles. The molecule has 3 aromatic carbocycles. The minimum absolute atomic E-state index is 0.0170. The van der Waals surface area contributed by atoms with Crippen LogP contribution in [0.4, 0.5) is 5.69 Å². The van der Waals surface area contributed by atoms with E-state index in [1.165, 1.54) is 18.2 Å². The van der Waals surface area contributed by atoms with E-state index in [0.29, 0.717) is 42.8 Å². The van der Waals surface area contributed by atoms with Gasteiger partial charge < -0.3 is 24.6 Å². The van der Waals surface area contributed by atoms with Crippen LogP contribution >= 0.6 is 0 Å². The molecular weight excluding hydrogens is 476 g/mol. The van der Waals surface area contributed by atoms with Crippen LogP contribution < -0.4 is 5.32 Å². The first-order valence-electron chi connectivity index (χ1n) is 11.4. The molecule has 1 fully saturated rings. The molecule has 184 valence electrons. The average Bonchev–Trinajstić information content (AvgIpc) is 3.37. The van der Waals surface area contributed by atoms with Gasteiger partial charge in [0.05, 0.1) is 41.5 Å². The van der Waals surface area contributed by atoms with Crippen molar-refractivity contribution in [3.05, 3.63) is 83.0 Å². The average molecular weight is 496 g/mol. The van der Waals surface area contributed by atoms with E-state index >= 15 is 0 Å². The van der Waals surface area contributed by atoms with Crippen LogP contribution in [-0.2, 0) is 4.74 Å². The van der Waals surface area contributed by atoms with Crippen LogP contribution in [-0.4, -0.2) is 59.3 Å². The predicted molar refractivity (Wildman–Crippen MR) is 132 cm³/mol. The number of nitrogens with one attached hydrogen (secondary N) is 1. The van der Waals surface area contributed by atoms with Crippen LogP contribution in [0.2, 0.25) is 0 Å². The zero-order valence-electron chi connectivity index (χ0n) is 19.4. The van der Waals surface area contributed by atoms with Crippen LogP contribution in [0.1, 0.15) is 36.8 Å². The largest absolute Gasteiger partial charge is 0.478 e. The van der Waals surface area contributed by atoms with Crippen molar-refractivity contribution in [2.75, 3.05) is 31.6 Å². The summed E-state index contributed by atoms with van der Waals surface area (Å²) >= 11 is 0. The van der Waals surface area contributed by atoms with Gasteiger partial charge in [0, 0.05) is 18.7 Å². The summed E-state index contributed by atoms with van der Waals surface area (Å²) in [7, 11) is 0. The number of carbonyl (C=O) groups excluding carboxylic acids is 2. The van der Waals surface area contributed by atoms with Crippen LogP contribution in [0.25, 0.3) is 22.1 Å². The molecule has 0 atom stereocenters. The Morgan fingerprint density at radius 3 is 2.41 bits per heavy atom. The van der Waals surface area contributed by atoms with Crippen LogP contribution in [0, 0.1) is 11.3 Å². The minimum Gasteiger partial charge on any atom is -0.478 e. The number of nitrogens with zero attached hydrogens (tertiary/aromatic N) is 3. The lowest BCUT2D eigenvalue weighted by atomic mass is 10.0. The lowest BCUT2D eigenvalue weighted by Crippen LogP contribution is -2.40. The summed E-state index contributed by atoms with van der Waals surface area (Å²) in [6.07, 6.45) is 0. The van der Waals surface area contributed by atoms with Gasteiger partial charge in [-0.05, 0) is 53.6 Å². The van der Waals surface area contributed by atoms with Crippen LogP contribution in [0.5, 0.6) is 0 Å². The molecule has 5 rings (SSSR count). The van der Waals surface area contributed by atoms with E-state index in [9.17, 15) is 19.5 Å². The molecule has 0 aliphatic carbocycles. The third kappa shape index (κ3) is 4.76. The lowest BCUT2D eigenvalue weighted by Gasteiger charge is -2.26. The molecule has 0 bridgehead atoms. The molecule has 1 aliphatic heterocycles. The highest BCUT2D eigenvalue weighted by atomic mass is 16.5. The number of hydrogen-bond donors (Lipinski definition) is 2. The summed E-state index contributed by atoms with van der Waals surface area (Å²) in [4.78, 5) is 39.1. The van der Waals surface area contributed by atoms with Crippen molar-refractivity contribution in [1.82, 2.24) is 10.1 Å². The Balaban J connectivity index is 1.40. The Morgan fingerprint density at radius 2 is 1.70 bits per heavy atom. The van der Waals surface area contributed by atoms with Gasteiger partial charge in [-0.1, -0.05) is 23.4 Å². The smallest absolute Gasteiger partial charge is 0.337 e. The number of aromatic carboxylic acids is 1. The van der Waals surface area contributed by atoms with E-state index in [1.807, 2.05) is 24.3 Å². The maximum Gasteiger partial charge on any atom is 0.337 e. The summed E-state index contributed by atoms with van der Waals surface area (Å²) in [5.74, 6) is -1.99. The molecule has 10 nitrogen and oxygen atoms in total. The van der Waals surface area contributed by atoms with E-state index in [1.54, 1.807) is 29.2 Å². The van der Waals surface area contributed by atoms with Crippen molar-refractivity contribution in [2.24, 2.45) is 0 Å². The Bertz CT molecular complexity index is 1560. The molecule has 10 heteroatoms. The molecule has 1 aromatic heterocycles. The lowest BCUT2D eigenvalue weighted by molar-refractivity contribution is 0.0303. The minimum atomic E-state index is -1.28. The van der Waals surface area contributed by atoms with Gasteiger partial charge in [-0.15, -0.1) is 0 Å². The second kappa shape index (κ2) is 9.93. The summed E-state index contributed by atoms with van der Waals surface area (Å²) in [5, 5.41) is 25.4. The number of carbonyl (C=O) groups is 3. The zero-order valence-corrected chi connectivity index (χ0v) is 19.4. The summed E-state index contributed by atoms with van der Waals surface area (Å²) in [5.41, 5.74) is 2.52. The number of rotatable bonds is 5. The van der Waals surface area contributed by atoms with Gasteiger partial charge in [0.1, 0.15) is 0 Å². The van der Waals surface area contributed by atoms with E-state index in [2.05, 4.69) is 10.5 Å². The van der Waals surface area contributed by atoms with E-state index in [-0.39, 0.29) is 28.4 Å². The van der Waals surface area contributed by atoms with E-state index < -0.39 is 11.9 Å². The number of hydrogen-bond acceptors (Lipinski definition) is 7. The number of amides is 2. The maximum atomic E-state index is 13.0. The summed E-state index contributed by atoms with van der Waals surface area (Å²) in [6, 6.07) is 18.3. The molecule has 0 saturated carbocycles. The number of fused-ring (bicyclic) bond motifs is 1. The maximum absolute atomic E-state index is 13.0. The Labute approximate surface area is 210 Å². The second-order valence-electron chi connectivity index (χ2n) is 8.36. The van der Waals surface area contributed by atoms with Crippen LogP contribution in [0.3, 0.4) is 0 Å². The normalized spacial score (nSPS) is 13.2. The zero-order chi connectivity index (χ0) is 25.9. The molecule has 2 N–H and O–H groups in total.